The Kier molecular flexibility index (Phi) is 6.01. The fraction of sp³-hybridized carbons (Fsp3) is 0.238. The normalized spacial score (nSPS) is 23.2. The highest BCUT2D eigenvalue weighted by atomic mass is 35.5. The summed E-state index contributed by atoms with van der Waals surface area (Å²) in [6.07, 6.45) is 5.08. The van der Waals surface area contributed by atoms with Crippen LogP contribution in [-0.4, -0.2) is 10.8 Å². The van der Waals surface area contributed by atoms with Crippen molar-refractivity contribution < 1.29 is 0 Å². The van der Waals surface area contributed by atoms with Crippen molar-refractivity contribution in [1.82, 2.24) is 5.32 Å². The van der Waals surface area contributed by atoms with Gasteiger partial charge in [-0.05, 0) is 78.5 Å². The summed E-state index contributed by atoms with van der Waals surface area (Å²) in [5.41, 5.74) is 4.07. The fourth-order valence-corrected chi connectivity index (χ4v) is 5.08. The van der Waals surface area contributed by atoms with Gasteiger partial charge in [0, 0.05) is 26.0 Å². The molecule has 4 rings (SSSR count). The lowest BCUT2D eigenvalue weighted by Crippen LogP contribution is -2.43. The lowest BCUT2D eigenvalue weighted by atomic mass is 9.76. The van der Waals surface area contributed by atoms with Crippen LogP contribution in [0.2, 0.25) is 20.1 Å². The van der Waals surface area contributed by atoms with Gasteiger partial charge in [-0.25, -0.2) is 4.99 Å². The zero-order valence-corrected chi connectivity index (χ0v) is 18.5. The van der Waals surface area contributed by atoms with E-state index in [0.717, 1.165) is 41.7 Å². The van der Waals surface area contributed by atoms with Gasteiger partial charge in [0.2, 0.25) is 0 Å². The van der Waals surface area contributed by atoms with Crippen molar-refractivity contribution >= 4 is 75.5 Å². The molecule has 2 nitrogen and oxygen atoms in total. The van der Waals surface area contributed by atoms with E-state index >= 15 is 0 Å². The molecule has 1 aliphatic carbocycles. The highest BCUT2D eigenvalue weighted by Gasteiger charge is 2.36. The second kappa shape index (κ2) is 8.33. The third-order valence-corrected chi connectivity index (χ3v) is 6.47. The summed E-state index contributed by atoms with van der Waals surface area (Å²) in [4.78, 5) is 4.68. The Bertz CT molecular complexity index is 1020. The number of halogens is 4. The molecule has 1 saturated carbocycles. The Morgan fingerprint density at radius 3 is 2.43 bits per heavy atom. The maximum Gasteiger partial charge on any atom is 0.193 e. The molecule has 0 spiro atoms. The quantitative estimate of drug-likeness (QED) is 0.459. The molecule has 1 heterocycles. The summed E-state index contributed by atoms with van der Waals surface area (Å²) in [5, 5.41) is 6.29. The van der Waals surface area contributed by atoms with Crippen LogP contribution in [0, 0.1) is 5.92 Å². The number of allylic oxidation sites excluding steroid dienone is 1. The minimum Gasteiger partial charge on any atom is -0.353 e. The van der Waals surface area contributed by atoms with E-state index in [0.29, 0.717) is 25.2 Å². The topological polar surface area (TPSA) is 24.4 Å². The summed E-state index contributed by atoms with van der Waals surface area (Å²) in [5.74, 6) is 0.177. The number of nitrogens with one attached hydrogen (secondary N) is 1. The third kappa shape index (κ3) is 4.10. The van der Waals surface area contributed by atoms with Crippen LogP contribution >= 0.6 is 58.6 Å². The largest absolute Gasteiger partial charge is 0.353 e. The first-order chi connectivity index (χ1) is 13.4. The zero-order valence-electron chi connectivity index (χ0n) is 14.7. The number of nitrogens with zero attached hydrogens (tertiary/aromatic N) is 1. The van der Waals surface area contributed by atoms with E-state index < -0.39 is 0 Å². The van der Waals surface area contributed by atoms with Gasteiger partial charge in [-0.3, -0.25) is 0 Å². The molecule has 0 aromatic heterocycles. The van der Waals surface area contributed by atoms with Gasteiger partial charge in [0.25, 0.3) is 0 Å². The lowest BCUT2D eigenvalue weighted by molar-refractivity contribution is 0.441. The molecule has 28 heavy (non-hydrogen) atoms. The summed E-state index contributed by atoms with van der Waals surface area (Å²) in [7, 11) is 0. The van der Waals surface area contributed by atoms with Gasteiger partial charge in [-0.15, -0.1) is 0 Å². The Hall–Kier alpha value is -1.10. The lowest BCUT2D eigenvalue weighted by Gasteiger charge is -2.38. The predicted octanol–water partition coefficient (Wildman–Crippen LogP) is 7.55. The Morgan fingerprint density at radius 2 is 1.71 bits per heavy atom. The van der Waals surface area contributed by atoms with Gasteiger partial charge in [-0.2, -0.15) is 0 Å². The van der Waals surface area contributed by atoms with Crippen LogP contribution in [0.15, 0.2) is 47.0 Å². The molecular weight excluding hydrogens is 454 g/mol. The zero-order chi connectivity index (χ0) is 19.8. The van der Waals surface area contributed by atoms with Crippen molar-refractivity contribution in [1.29, 1.82) is 0 Å². The number of thiocarbonyl (C=S) groups is 1. The van der Waals surface area contributed by atoms with Crippen LogP contribution in [0.4, 0.5) is 0 Å². The molecule has 1 aliphatic heterocycles. The van der Waals surface area contributed by atoms with Crippen molar-refractivity contribution in [3.05, 3.63) is 73.2 Å². The Labute approximate surface area is 189 Å². The average molecular weight is 470 g/mol. The summed E-state index contributed by atoms with van der Waals surface area (Å²) in [6, 6.07) is 11.1. The van der Waals surface area contributed by atoms with Gasteiger partial charge in [0.15, 0.2) is 5.11 Å². The number of hydrogen-bond donors (Lipinski definition) is 1. The smallest absolute Gasteiger partial charge is 0.193 e. The number of hydrogen-bond acceptors (Lipinski definition) is 1. The Balaban J connectivity index is 1.74. The maximum atomic E-state index is 6.49. The number of rotatable bonds is 2. The van der Waals surface area contributed by atoms with Crippen LogP contribution in [-0.2, 0) is 0 Å². The Morgan fingerprint density at radius 1 is 1.00 bits per heavy atom. The van der Waals surface area contributed by atoms with Crippen molar-refractivity contribution in [3.63, 3.8) is 0 Å². The van der Waals surface area contributed by atoms with Crippen LogP contribution in [0.25, 0.3) is 6.08 Å². The molecule has 1 fully saturated rings. The molecule has 2 aromatic rings. The maximum absolute atomic E-state index is 6.49. The molecule has 144 valence electrons. The molecule has 2 atom stereocenters. The fourth-order valence-electron chi connectivity index (χ4n) is 3.87. The van der Waals surface area contributed by atoms with Gasteiger partial charge in [0.1, 0.15) is 0 Å². The van der Waals surface area contributed by atoms with E-state index in [9.17, 15) is 0 Å². The molecule has 2 aromatic carbocycles. The van der Waals surface area contributed by atoms with Gasteiger partial charge >= 0.3 is 0 Å². The minimum atomic E-state index is -0.0332. The van der Waals surface area contributed by atoms with Crippen molar-refractivity contribution in [3.8, 4) is 0 Å². The van der Waals surface area contributed by atoms with E-state index in [1.54, 1.807) is 12.1 Å². The molecule has 2 aliphatic rings. The standard InChI is InChI=1S/C21H16Cl4N2S/c22-13-5-4-11(17(24)9-13)8-12-2-1-3-16-19(12)26-21(28)27-20(16)15-7-6-14(23)10-18(15)25/h4-10,16,20H,1-3H2,(H,27,28)/b12-8+. The van der Waals surface area contributed by atoms with Gasteiger partial charge < -0.3 is 5.32 Å². The van der Waals surface area contributed by atoms with Crippen LogP contribution in [0.1, 0.15) is 36.4 Å². The van der Waals surface area contributed by atoms with E-state index in [1.165, 1.54) is 0 Å². The molecule has 7 heteroatoms. The SMILES string of the molecule is S=C1N=C2/C(=C/c3ccc(Cl)cc3Cl)CCCC2C(c2ccc(Cl)cc2Cl)N1. The van der Waals surface area contributed by atoms with E-state index in [2.05, 4.69) is 16.4 Å². The summed E-state index contributed by atoms with van der Waals surface area (Å²) in [6.45, 7) is 0. The predicted molar refractivity (Wildman–Crippen MR) is 124 cm³/mol. The number of benzene rings is 2. The molecule has 0 amide bonds. The first-order valence-corrected chi connectivity index (χ1v) is 10.8. The monoisotopic (exact) mass is 468 g/mol. The van der Waals surface area contributed by atoms with Crippen molar-refractivity contribution in [2.75, 3.05) is 0 Å². The first-order valence-electron chi connectivity index (χ1n) is 8.92. The average Bonchev–Trinajstić information content (AvgIpc) is 2.64. The van der Waals surface area contributed by atoms with Crippen LogP contribution < -0.4 is 5.32 Å². The summed E-state index contributed by atoms with van der Waals surface area (Å²) < 4.78 is 0. The van der Waals surface area contributed by atoms with Crippen LogP contribution in [0.5, 0.6) is 0 Å². The highest BCUT2D eigenvalue weighted by molar-refractivity contribution is 7.80. The second-order valence-corrected chi connectivity index (χ2v) is 9.00. The number of fused-ring (bicyclic) bond motifs is 1. The minimum absolute atomic E-state index is 0.0332. The van der Waals surface area contributed by atoms with Gasteiger partial charge in [0.05, 0.1) is 11.8 Å². The third-order valence-electron chi connectivity index (χ3n) is 5.13. The highest BCUT2D eigenvalue weighted by Crippen LogP contribution is 2.41. The molecular formula is C21H16Cl4N2S. The van der Waals surface area contributed by atoms with Crippen LogP contribution in [0.3, 0.4) is 0 Å². The number of aliphatic imine (C=N–C) groups is 1. The van der Waals surface area contributed by atoms with Crippen molar-refractivity contribution in [2.45, 2.75) is 25.3 Å². The van der Waals surface area contributed by atoms with E-state index in [1.807, 2.05) is 24.3 Å². The first kappa shape index (κ1) is 20.2. The summed E-state index contributed by atoms with van der Waals surface area (Å²) >= 11 is 30.4. The molecule has 0 radical (unpaired) electrons. The van der Waals surface area contributed by atoms with Gasteiger partial charge in [-0.1, -0.05) is 58.5 Å². The molecule has 0 saturated heterocycles. The molecule has 1 N–H and O–H groups in total. The van der Waals surface area contributed by atoms with E-state index in [-0.39, 0.29) is 12.0 Å². The molecule has 2 unspecified atom stereocenters. The van der Waals surface area contributed by atoms with E-state index in [4.69, 9.17) is 58.6 Å². The molecule has 0 bridgehead atoms. The van der Waals surface area contributed by atoms with Crippen molar-refractivity contribution in [2.24, 2.45) is 10.9 Å². The second-order valence-electron chi connectivity index (χ2n) is 6.92.